The number of halogens is 1. The predicted molar refractivity (Wildman–Crippen MR) is 117 cm³/mol. The highest BCUT2D eigenvalue weighted by atomic mass is 32.1. The molecule has 0 aliphatic carbocycles. The molecule has 1 saturated heterocycles. The summed E-state index contributed by atoms with van der Waals surface area (Å²) in [5.41, 5.74) is 2.38. The third-order valence-electron chi connectivity index (χ3n) is 5.33. The summed E-state index contributed by atoms with van der Waals surface area (Å²) < 4.78 is 13.4. The third kappa shape index (κ3) is 3.34. The summed E-state index contributed by atoms with van der Waals surface area (Å²) in [6.07, 6.45) is 0.308. The van der Waals surface area contributed by atoms with E-state index in [0.717, 1.165) is 16.7 Å². The van der Waals surface area contributed by atoms with Gasteiger partial charge in [-0.2, -0.15) is 5.26 Å². The lowest BCUT2D eigenvalue weighted by Crippen LogP contribution is -2.46. The molecule has 1 N–H and O–H groups in total. The number of nitrogens with one attached hydrogen (secondary N) is 1. The van der Waals surface area contributed by atoms with Gasteiger partial charge < -0.3 is 5.32 Å². The number of rotatable bonds is 4. The van der Waals surface area contributed by atoms with Crippen molar-refractivity contribution in [1.29, 1.82) is 5.26 Å². The average molecular weight is 415 g/mol. The minimum absolute atomic E-state index is 0.216. The van der Waals surface area contributed by atoms with Crippen LogP contribution < -0.4 is 10.2 Å². The Bertz CT molecular complexity index is 1170. The van der Waals surface area contributed by atoms with Crippen molar-refractivity contribution in [2.75, 3.05) is 4.90 Å². The molecule has 1 fully saturated rings. The molecule has 148 valence electrons. The van der Waals surface area contributed by atoms with Crippen molar-refractivity contribution in [3.63, 3.8) is 0 Å². The van der Waals surface area contributed by atoms with Gasteiger partial charge >= 0.3 is 0 Å². The molecule has 0 radical (unpaired) electrons. The highest BCUT2D eigenvalue weighted by Crippen LogP contribution is 2.36. The van der Waals surface area contributed by atoms with Crippen LogP contribution in [-0.4, -0.2) is 11.0 Å². The van der Waals surface area contributed by atoms with E-state index in [1.807, 2.05) is 37.3 Å². The molecule has 4 rings (SSSR count). The van der Waals surface area contributed by atoms with Crippen LogP contribution in [0.3, 0.4) is 0 Å². The van der Waals surface area contributed by atoms with Gasteiger partial charge in [-0.3, -0.25) is 9.69 Å². The van der Waals surface area contributed by atoms with E-state index in [9.17, 15) is 14.4 Å². The monoisotopic (exact) mass is 415 g/mol. The van der Waals surface area contributed by atoms with E-state index in [1.54, 1.807) is 30.3 Å². The molecule has 4 nitrogen and oxygen atoms in total. The fourth-order valence-electron chi connectivity index (χ4n) is 3.77. The number of hydrogen-bond donors (Lipinski definition) is 1. The number of nitriles is 1. The third-order valence-corrected chi connectivity index (χ3v) is 5.61. The van der Waals surface area contributed by atoms with Gasteiger partial charge in [0.15, 0.2) is 5.11 Å². The second kappa shape index (κ2) is 7.69. The molecule has 6 heteroatoms. The van der Waals surface area contributed by atoms with Crippen LogP contribution in [0.15, 0.2) is 72.8 Å². The fourth-order valence-corrected chi connectivity index (χ4v) is 4.13. The molecular weight excluding hydrogens is 397 g/mol. The van der Waals surface area contributed by atoms with E-state index in [1.165, 1.54) is 17.0 Å². The van der Waals surface area contributed by atoms with Crippen LogP contribution in [-0.2, 0) is 16.8 Å². The summed E-state index contributed by atoms with van der Waals surface area (Å²) in [5, 5.41) is 12.7. The normalized spacial score (nSPS) is 18.2. The van der Waals surface area contributed by atoms with Crippen molar-refractivity contribution in [1.82, 2.24) is 5.32 Å². The predicted octanol–water partition coefficient (Wildman–Crippen LogP) is 4.37. The van der Waals surface area contributed by atoms with Crippen LogP contribution in [0.25, 0.3) is 0 Å². The number of amides is 1. The molecule has 1 atom stereocenters. The molecule has 0 aromatic heterocycles. The molecule has 1 aliphatic heterocycles. The Morgan fingerprint density at radius 3 is 2.43 bits per heavy atom. The highest BCUT2D eigenvalue weighted by molar-refractivity contribution is 7.80. The summed E-state index contributed by atoms with van der Waals surface area (Å²) in [7, 11) is 0. The Kier molecular flexibility index (Phi) is 5.06. The lowest BCUT2D eigenvalue weighted by molar-refractivity contribution is -0.122. The summed E-state index contributed by atoms with van der Waals surface area (Å²) in [6, 6.07) is 22.8. The first-order chi connectivity index (χ1) is 14.4. The van der Waals surface area contributed by atoms with Crippen molar-refractivity contribution in [3.05, 3.63) is 101 Å². The van der Waals surface area contributed by atoms with Crippen LogP contribution in [0.4, 0.5) is 10.1 Å². The van der Waals surface area contributed by atoms with E-state index in [2.05, 4.69) is 11.4 Å². The zero-order valence-electron chi connectivity index (χ0n) is 16.2. The van der Waals surface area contributed by atoms with Crippen molar-refractivity contribution in [2.24, 2.45) is 0 Å². The van der Waals surface area contributed by atoms with Crippen LogP contribution in [0.2, 0.25) is 0 Å². The number of carbonyl (C=O) groups is 1. The van der Waals surface area contributed by atoms with Gasteiger partial charge in [0.1, 0.15) is 11.4 Å². The van der Waals surface area contributed by atoms with Crippen LogP contribution in [0, 0.1) is 24.1 Å². The highest BCUT2D eigenvalue weighted by Gasteiger charge is 2.51. The molecule has 0 spiro atoms. The number of carbonyl (C=O) groups excluding carboxylic acids is 1. The molecule has 1 heterocycles. The van der Waals surface area contributed by atoms with Crippen LogP contribution in [0.1, 0.15) is 22.3 Å². The van der Waals surface area contributed by atoms with E-state index in [4.69, 9.17) is 12.2 Å². The van der Waals surface area contributed by atoms with Gasteiger partial charge in [0.05, 0.1) is 17.3 Å². The van der Waals surface area contributed by atoms with E-state index >= 15 is 0 Å². The zero-order valence-corrected chi connectivity index (χ0v) is 17.0. The van der Waals surface area contributed by atoms with Gasteiger partial charge in [0, 0.05) is 6.42 Å². The molecule has 0 bridgehead atoms. The van der Waals surface area contributed by atoms with Crippen molar-refractivity contribution in [3.8, 4) is 6.07 Å². The van der Waals surface area contributed by atoms with Gasteiger partial charge in [0.25, 0.3) is 5.91 Å². The number of thiocarbonyl (C=S) groups is 1. The first-order valence-electron chi connectivity index (χ1n) is 9.42. The Morgan fingerprint density at radius 1 is 1.10 bits per heavy atom. The minimum Gasteiger partial charge on any atom is -0.344 e. The van der Waals surface area contributed by atoms with Gasteiger partial charge in [-0.1, -0.05) is 42.5 Å². The quantitative estimate of drug-likeness (QED) is 0.643. The van der Waals surface area contributed by atoms with E-state index < -0.39 is 5.54 Å². The topological polar surface area (TPSA) is 56.1 Å². The molecule has 1 amide bonds. The summed E-state index contributed by atoms with van der Waals surface area (Å²) in [4.78, 5) is 15.3. The first-order valence-corrected chi connectivity index (χ1v) is 9.83. The molecule has 0 saturated carbocycles. The summed E-state index contributed by atoms with van der Waals surface area (Å²) in [6.45, 7) is 1.82. The van der Waals surface area contributed by atoms with Crippen molar-refractivity contribution < 1.29 is 9.18 Å². The van der Waals surface area contributed by atoms with Crippen molar-refractivity contribution in [2.45, 2.75) is 18.9 Å². The summed E-state index contributed by atoms with van der Waals surface area (Å²) >= 11 is 5.56. The van der Waals surface area contributed by atoms with Gasteiger partial charge in [-0.25, -0.2) is 4.39 Å². The summed E-state index contributed by atoms with van der Waals surface area (Å²) in [5.74, 6) is -0.546. The Balaban J connectivity index is 1.80. The zero-order chi connectivity index (χ0) is 21.3. The molecule has 1 aliphatic rings. The average Bonchev–Trinajstić information content (AvgIpc) is 3.00. The smallest absolute Gasteiger partial charge is 0.264 e. The van der Waals surface area contributed by atoms with Crippen molar-refractivity contribution >= 4 is 28.9 Å². The second-order valence-corrected chi connectivity index (χ2v) is 7.64. The Labute approximate surface area is 179 Å². The van der Waals surface area contributed by atoms with Crippen LogP contribution in [0.5, 0.6) is 0 Å². The Morgan fingerprint density at radius 2 is 1.80 bits per heavy atom. The largest absolute Gasteiger partial charge is 0.344 e. The number of anilines is 1. The molecule has 30 heavy (non-hydrogen) atoms. The van der Waals surface area contributed by atoms with E-state index in [-0.39, 0.29) is 16.8 Å². The van der Waals surface area contributed by atoms with Gasteiger partial charge in [-0.05, 0) is 66.2 Å². The minimum atomic E-state index is -1.11. The first kappa shape index (κ1) is 19.7. The second-order valence-electron chi connectivity index (χ2n) is 7.26. The van der Waals surface area contributed by atoms with Gasteiger partial charge in [0.2, 0.25) is 0 Å². The molecular formula is C24H18FN3OS. The number of aryl methyl sites for hydroxylation is 1. The maximum atomic E-state index is 13.8. The number of benzene rings is 3. The Hall–Kier alpha value is -3.56. The molecule has 3 aromatic carbocycles. The van der Waals surface area contributed by atoms with Gasteiger partial charge in [-0.15, -0.1) is 0 Å². The lowest BCUT2D eigenvalue weighted by atomic mass is 9.83. The maximum absolute atomic E-state index is 13.8. The fraction of sp³-hybridized carbons (Fsp3) is 0.125. The molecule has 3 aromatic rings. The SMILES string of the molecule is Cc1cc(N2C(=O)[C@](Cc3ccc(F)cc3)(c3ccccc3)NC2=S)ccc1C#N. The van der Waals surface area contributed by atoms with E-state index in [0.29, 0.717) is 17.7 Å². The molecule has 0 unspecified atom stereocenters. The number of hydrogen-bond acceptors (Lipinski definition) is 3. The number of nitrogens with zero attached hydrogens (tertiary/aromatic N) is 2. The maximum Gasteiger partial charge on any atom is 0.264 e. The standard InChI is InChI=1S/C24H18FN3OS/c1-16-13-21(12-9-18(16)15-26)28-22(29)24(27-23(28)30,19-5-3-2-4-6-19)14-17-7-10-20(25)11-8-17/h2-13H,14H2,1H3,(H,27,30)/t24-/m0/s1. The van der Waals surface area contributed by atoms with Crippen LogP contribution >= 0.6 is 12.2 Å². The lowest BCUT2D eigenvalue weighted by Gasteiger charge is -2.28.